The maximum absolute atomic E-state index is 13.4. The third-order valence-corrected chi connectivity index (χ3v) is 4.63. The van der Waals surface area contributed by atoms with Crippen LogP contribution in [0, 0.1) is 18.6 Å². The molecule has 11 nitrogen and oxygen atoms in total. The van der Waals surface area contributed by atoms with Crippen LogP contribution in [0.25, 0.3) is 0 Å². The lowest BCUT2D eigenvalue weighted by atomic mass is 10.2. The second kappa shape index (κ2) is 9.75. The third kappa shape index (κ3) is 5.32. The second-order valence-corrected chi connectivity index (χ2v) is 6.97. The summed E-state index contributed by atoms with van der Waals surface area (Å²) in [5.41, 5.74) is -0.00848. The SMILES string of the molecule is COC(C(=O)O)c1nc(C)c(CNC(=O)c2cc(NC(=O)c3cc(F)c(F)cc3Cl)n[nH]2)o1. The summed E-state index contributed by atoms with van der Waals surface area (Å²) in [5.74, 6) is -5.28. The number of aromatic amines is 1. The first-order chi connectivity index (χ1) is 15.6. The molecule has 3 aromatic rings. The Morgan fingerprint density at radius 1 is 1.24 bits per heavy atom. The number of anilines is 1. The number of carboxylic acid groups (broad SMARTS) is 1. The van der Waals surface area contributed by atoms with Crippen LogP contribution >= 0.6 is 11.6 Å². The Kier molecular flexibility index (Phi) is 7.04. The molecule has 0 bridgehead atoms. The zero-order valence-corrected chi connectivity index (χ0v) is 17.8. The average Bonchev–Trinajstić information content (AvgIpc) is 3.35. The Morgan fingerprint density at radius 3 is 2.61 bits per heavy atom. The van der Waals surface area contributed by atoms with Crippen molar-refractivity contribution in [2.45, 2.75) is 19.6 Å². The van der Waals surface area contributed by atoms with Crippen LogP contribution < -0.4 is 10.6 Å². The molecule has 2 heterocycles. The van der Waals surface area contributed by atoms with E-state index in [1.54, 1.807) is 6.92 Å². The summed E-state index contributed by atoms with van der Waals surface area (Å²) in [6.45, 7) is 1.44. The fraction of sp³-hybridized carbons (Fsp3) is 0.211. The van der Waals surface area contributed by atoms with E-state index in [-0.39, 0.29) is 40.3 Å². The van der Waals surface area contributed by atoms with E-state index < -0.39 is 35.5 Å². The minimum absolute atomic E-state index is 0.0422. The number of aryl methyl sites for hydroxylation is 1. The molecule has 1 atom stereocenters. The summed E-state index contributed by atoms with van der Waals surface area (Å²) < 4.78 is 36.7. The normalized spacial score (nSPS) is 11.8. The van der Waals surface area contributed by atoms with E-state index in [1.807, 2.05) is 0 Å². The summed E-state index contributed by atoms with van der Waals surface area (Å²) in [6.07, 6.45) is -1.39. The van der Waals surface area contributed by atoms with Crippen molar-refractivity contribution in [1.29, 1.82) is 0 Å². The number of halogens is 3. The zero-order valence-electron chi connectivity index (χ0n) is 17.0. The standard InChI is InChI=1S/C19H16ClF2N5O6/c1-7-13(33-18(24-7)15(32-2)19(30)31)6-23-17(29)12-5-14(27-26-12)25-16(28)8-3-10(21)11(22)4-9(8)20/h3-5,15H,6H2,1-2H3,(H,23,29)(H,30,31)(H2,25,26,27,28). The van der Waals surface area contributed by atoms with Gasteiger partial charge in [-0.05, 0) is 19.1 Å². The second-order valence-electron chi connectivity index (χ2n) is 6.56. The molecular formula is C19H16ClF2N5O6. The minimum atomic E-state index is -1.39. The van der Waals surface area contributed by atoms with Crippen molar-refractivity contribution in [2.24, 2.45) is 0 Å². The van der Waals surface area contributed by atoms with Crippen molar-refractivity contribution >= 4 is 35.2 Å². The number of hydrogen-bond acceptors (Lipinski definition) is 7. The number of H-pyrrole nitrogens is 1. The van der Waals surface area contributed by atoms with E-state index in [0.717, 1.165) is 0 Å². The van der Waals surface area contributed by atoms with Crippen molar-refractivity contribution < 1.29 is 37.4 Å². The van der Waals surface area contributed by atoms with Crippen LogP contribution in [0.5, 0.6) is 0 Å². The van der Waals surface area contributed by atoms with Crippen LogP contribution in [-0.4, -0.2) is 45.2 Å². The van der Waals surface area contributed by atoms with Crippen molar-refractivity contribution in [2.75, 3.05) is 12.4 Å². The van der Waals surface area contributed by atoms with Crippen LogP contribution in [0.15, 0.2) is 22.6 Å². The van der Waals surface area contributed by atoms with Gasteiger partial charge in [-0.15, -0.1) is 0 Å². The van der Waals surface area contributed by atoms with Gasteiger partial charge in [-0.2, -0.15) is 5.10 Å². The van der Waals surface area contributed by atoms with Crippen molar-refractivity contribution in [1.82, 2.24) is 20.5 Å². The Hall–Kier alpha value is -3.84. The number of aromatic nitrogens is 3. The molecule has 2 aromatic heterocycles. The maximum atomic E-state index is 13.4. The largest absolute Gasteiger partial charge is 0.479 e. The summed E-state index contributed by atoms with van der Waals surface area (Å²) in [4.78, 5) is 39.7. The molecule has 4 N–H and O–H groups in total. The highest BCUT2D eigenvalue weighted by molar-refractivity contribution is 6.34. The first kappa shape index (κ1) is 23.8. The quantitative estimate of drug-likeness (QED) is 0.356. The number of methoxy groups -OCH3 is 1. The fourth-order valence-electron chi connectivity index (χ4n) is 2.67. The molecule has 0 aliphatic carbocycles. The van der Waals surface area contributed by atoms with Gasteiger partial charge in [0.1, 0.15) is 11.5 Å². The van der Waals surface area contributed by atoms with E-state index >= 15 is 0 Å². The summed E-state index contributed by atoms with van der Waals surface area (Å²) in [5, 5.41) is 19.8. The Labute approximate surface area is 189 Å². The Balaban J connectivity index is 1.64. The van der Waals surface area contributed by atoms with E-state index in [2.05, 4.69) is 25.8 Å². The number of nitrogens with one attached hydrogen (secondary N) is 3. The van der Waals surface area contributed by atoms with E-state index in [4.69, 9.17) is 25.9 Å². The molecule has 0 saturated carbocycles. The minimum Gasteiger partial charge on any atom is -0.479 e. The number of benzene rings is 1. The molecule has 33 heavy (non-hydrogen) atoms. The zero-order chi connectivity index (χ0) is 24.3. The van der Waals surface area contributed by atoms with Crippen LogP contribution in [0.2, 0.25) is 5.02 Å². The van der Waals surface area contributed by atoms with Crippen LogP contribution in [0.1, 0.15) is 44.3 Å². The monoisotopic (exact) mass is 483 g/mol. The number of hydrogen-bond donors (Lipinski definition) is 4. The van der Waals surface area contributed by atoms with Gasteiger partial charge in [0.25, 0.3) is 11.8 Å². The summed E-state index contributed by atoms with van der Waals surface area (Å²) >= 11 is 5.76. The lowest BCUT2D eigenvalue weighted by molar-refractivity contribution is -0.150. The molecule has 1 aromatic carbocycles. The van der Waals surface area contributed by atoms with Gasteiger partial charge in [0, 0.05) is 13.2 Å². The molecule has 174 valence electrons. The van der Waals surface area contributed by atoms with Gasteiger partial charge < -0.3 is 24.9 Å². The number of carbonyl (C=O) groups is 3. The average molecular weight is 484 g/mol. The molecule has 14 heteroatoms. The van der Waals surface area contributed by atoms with E-state index in [9.17, 15) is 23.2 Å². The number of nitrogens with zero attached hydrogens (tertiary/aromatic N) is 2. The van der Waals surface area contributed by atoms with Crippen molar-refractivity contribution in [3.05, 3.63) is 63.5 Å². The summed E-state index contributed by atoms with van der Waals surface area (Å²) in [6, 6.07) is 2.50. The predicted octanol–water partition coefficient (Wildman–Crippen LogP) is 2.59. The molecular weight excluding hydrogens is 468 g/mol. The maximum Gasteiger partial charge on any atom is 0.342 e. The topological polar surface area (TPSA) is 159 Å². The van der Waals surface area contributed by atoms with Gasteiger partial charge in [-0.3, -0.25) is 14.7 Å². The molecule has 0 saturated heterocycles. The Morgan fingerprint density at radius 2 is 1.94 bits per heavy atom. The van der Waals surface area contributed by atoms with Crippen LogP contribution in [-0.2, 0) is 16.1 Å². The number of ether oxygens (including phenoxy) is 1. The van der Waals surface area contributed by atoms with Gasteiger partial charge in [0.15, 0.2) is 17.5 Å². The third-order valence-electron chi connectivity index (χ3n) is 4.32. The highest BCUT2D eigenvalue weighted by Crippen LogP contribution is 2.22. The number of amides is 2. The molecule has 0 spiro atoms. The lowest BCUT2D eigenvalue weighted by Gasteiger charge is -2.05. The predicted molar refractivity (Wildman–Crippen MR) is 108 cm³/mol. The highest BCUT2D eigenvalue weighted by Gasteiger charge is 2.26. The van der Waals surface area contributed by atoms with Gasteiger partial charge in [0.05, 0.1) is 22.8 Å². The first-order valence-corrected chi connectivity index (χ1v) is 9.49. The lowest BCUT2D eigenvalue weighted by Crippen LogP contribution is -2.23. The van der Waals surface area contributed by atoms with Gasteiger partial charge in [0.2, 0.25) is 12.0 Å². The highest BCUT2D eigenvalue weighted by atomic mass is 35.5. The van der Waals surface area contributed by atoms with Gasteiger partial charge in [-0.25, -0.2) is 18.6 Å². The number of carbonyl (C=O) groups excluding carboxylic acids is 2. The van der Waals surface area contributed by atoms with Crippen LogP contribution in [0.3, 0.4) is 0 Å². The van der Waals surface area contributed by atoms with Crippen LogP contribution in [0.4, 0.5) is 14.6 Å². The molecule has 1 unspecified atom stereocenters. The van der Waals surface area contributed by atoms with E-state index in [0.29, 0.717) is 17.8 Å². The first-order valence-electron chi connectivity index (χ1n) is 9.12. The van der Waals surface area contributed by atoms with Gasteiger partial charge >= 0.3 is 5.97 Å². The molecule has 3 rings (SSSR count). The fourth-order valence-corrected chi connectivity index (χ4v) is 2.91. The number of aliphatic carboxylic acids is 1. The molecule has 0 aliphatic heterocycles. The number of carboxylic acids is 1. The molecule has 2 amide bonds. The summed E-state index contributed by atoms with van der Waals surface area (Å²) in [7, 11) is 1.19. The Bertz CT molecular complexity index is 1230. The number of oxazole rings is 1. The van der Waals surface area contributed by atoms with E-state index in [1.165, 1.54) is 13.2 Å². The molecule has 0 aliphatic rings. The smallest absolute Gasteiger partial charge is 0.342 e. The molecule has 0 radical (unpaired) electrons. The number of rotatable bonds is 8. The molecule has 0 fully saturated rings. The van der Waals surface area contributed by atoms with Crippen molar-refractivity contribution in [3.8, 4) is 0 Å². The van der Waals surface area contributed by atoms with Crippen molar-refractivity contribution in [3.63, 3.8) is 0 Å². The van der Waals surface area contributed by atoms with Gasteiger partial charge in [-0.1, -0.05) is 11.6 Å².